The molecule has 2 heterocycles. The van der Waals surface area contributed by atoms with Crippen LogP contribution in [0.3, 0.4) is 0 Å². The maximum atomic E-state index is 12.2. The van der Waals surface area contributed by atoms with Crippen molar-refractivity contribution in [3.05, 3.63) is 47.7 Å². The number of hydrazone groups is 1. The first-order chi connectivity index (χ1) is 13.6. The Morgan fingerprint density at radius 1 is 1.18 bits per heavy atom. The summed E-state index contributed by atoms with van der Waals surface area (Å²) in [6.07, 6.45) is 2.28. The molecule has 4 rings (SSSR count). The van der Waals surface area contributed by atoms with Gasteiger partial charge in [0, 0.05) is 31.4 Å². The minimum Gasteiger partial charge on any atom is -0.393 e. The average molecular weight is 380 g/mol. The van der Waals surface area contributed by atoms with Crippen molar-refractivity contribution in [2.75, 3.05) is 24.1 Å². The predicted molar refractivity (Wildman–Crippen MR) is 107 cm³/mol. The highest BCUT2D eigenvalue weighted by Gasteiger charge is 2.30. The molecule has 1 fully saturated rings. The quantitative estimate of drug-likeness (QED) is 0.703. The smallest absolute Gasteiger partial charge is 0.243 e. The molecule has 0 unspecified atom stereocenters. The van der Waals surface area contributed by atoms with Gasteiger partial charge in [0.15, 0.2) is 0 Å². The van der Waals surface area contributed by atoms with E-state index >= 15 is 0 Å². The summed E-state index contributed by atoms with van der Waals surface area (Å²) >= 11 is 0. The number of amides is 1. The third-order valence-electron chi connectivity index (χ3n) is 5.14. The minimum absolute atomic E-state index is 0.0211. The largest absolute Gasteiger partial charge is 0.393 e. The number of aromatic nitrogens is 2. The van der Waals surface area contributed by atoms with Crippen LogP contribution in [0.5, 0.6) is 0 Å². The Kier molecular flexibility index (Phi) is 5.21. The van der Waals surface area contributed by atoms with Crippen molar-refractivity contribution in [3.8, 4) is 0 Å². The first-order valence-electron chi connectivity index (χ1n) is 9.58. The fourth-order valence-corrected chi connectivity index (χ4v) is 3.52. The predicted octanol–water partition coefficient (Wildman–Crippen LogP) is 1.74. The van der Waals surface area contributed by atoms with Crippen molar-refractivity contribution in [2.24, 2.45) is 5.10 Å². The molecule has 8 heteroatoms. The second kappa shape index (κ2) is 7.93. The number of aliphatic hydroxyl groups is 1. The van der Waals surface area contributed by atoms with Gasteiger partial charge in [-0.1, -0.05) is 30.3 Å². The number of hydrogen-bond acceptors (Lipinski definition) is 7. The van der Waals surface area contributed by atoms with Gasteiger partial charge in [0.1, 0.15) is 5.82 Å². The fraction of sp³-hybridized carbons (Fsp3) is 0.400. The van der Waals surface area contributed by atoms with E-state index in [0.29, 0.717) is 44.6 Å². The molecule has 1 aliphatic heterocycles. The zero-order chi connectivity index (χ0) is 19.5. The highest BCUT2D eigenvalue weighted by molar-refractivity contribution is 6.04. The van der Waals surface area contributed by atoms with E-state index in [-0.39, 0.29) is 23.9 Å². The molecule has 2 aromatic rings. The van der Waals surface area contributed by atoms with Crippen molar-refractivity contribution in [1.82, 2.24) is 15.0 Å². The van der Waals surface area contributed by atoms with Gasteiger partial charge in [-0.15, -0.1) is 0 Å². The SMILES string of the molecule is Nc1nc(NCCN2N=C(c3ccccc3)CCC2=O)cc(C2CC(O)C2)n1. The van der Waals surface area contributed by atoms with Crippen molar-refractivity contribution in [2.45, 2.75) is 37.7 Å². The first kappa shape index (κ1) is 18.4. The number of nitrogen functional groups attached to an aromatic ring is 1. The maximum Gasteiger partial charge on any atom is 0.243 e. The summed E-state index contributed by atoms with van der Waals surface area (Å²) in [6, 6.07) is 11.8. The molecule has 4 N–H and O–H groups in total. The third kappa shape index (κ3) is 4.12. The van der Waals surface area contributed by atoms with E-state index in [9.17, 15) is 9.90 Å². The number of nitrogens with two attached hydrogens (primary N) is 1. The molecule has 0 saturated heterocycles. The van der Waals surface area contributed by atoms with Gasteiger partial charge in [-0.05, 0) is 18.4 Å². The Morgan fingerprint density at radius 3 is 2.71 bits per heavy atom. The monoisotopic (exact) mass is 380 g/mol. The molecule has 28 heavy (non-hydrogen) atoms. The summed E-state index contributed by atoms with van der Waals surface area (Å²) in [4.78, 5) is 20.7. The molecule has 2 aliphatic rings. The van der Waals surface area contributed by atoms with Crippen LogP contribution in [0.25, 0.3) is 0 Å². The van der Waals surface area contributed by atoms with E-state index in [1.807, 2.05) is 36.4 Å². The number of carbonyl (C=O) groups is 1. The molecule has 8 nitrogen and oxygen atoms in total. The summed E-state index contributed by atoms with van der Waals surface area (Å²) in [5.41, 5.74) is 8.64. The number of aliphatic hydroxyl groups excluding tert-OH is 1. The zero-order valence-corrected chi connectivity index (χ0v) is 15.6. The van der Waals surface area contributed by atoms with Gasteiger partial charge in [0.2, 0.25) is 11.9 Å². The van der Waals surface area contributed by atoms with Crippen molar-refractivity contribution in [1.29, 1.82) is 0 Å². The number of hydrogen-bond donors (Lipinski definition) is 3. The van der Waals surface area contributed by atoms with E-state index in [2.05, 4.69) is 20.4 Å². The van der Waals surface area contributed by atoms with Gasteiger partial charge in [-0.25, -0.2) is 9.99 Å². The summed E-state index contributed by atoms with van der Waals surface area (Å²) in [5, 5.41) is 18.8. The van der Waals surface area contributed by atoms with Crippen molar-refractivity contribution < 1.29 is 9.90 Å². The summed E-state index contributed by atoms with van der Waals surface area (Å²) in [6.45, 7) is 0.942. The molecular formula is C20H24N6O2. The topological polar surface area (TPSA) is 117 Å². The van der Waals surface area contributed by atoms with Crippen LogP contribution < -0.4 is 11.1 Å². The van der Waals surface area contributed by atoms with Crippen LogP contribution in [0.15, 0.2) is 41.5 Å². The van der Waals surface area contributed by atoms with Crippen LogP contribution in [-0.4, -0.2) is 50.9 Å². The number of anilines is 2. The lowest BCUT2D eigenvalue weighted by Crippen LogP contribution is -2.35. The van der Waals surface area contributed by atoms with Gasteiger partial charge < -0.3 is 16.2 Å². The summed E-state index contributed by atoms with van der Waals surface area (Å²) in [5.74, 6) is 1.08. The third-order valence-corrected chi connectivity index (χ3v) is 5.14. The molecular weight excluding hydrogens is 356 g/mol. The normalized spacial score (nSPS) is 21.8. The Hall–Kier alpha value is -3.00. The van der Waals surface area contributed by atoms with Gasteiger partial charge in [0.05, 0.1) is 24.1 Å². The molecule has 146 valence electrons. The highest BCUT2D eigenvalue weighted by atomic mass is 16.3. The molecule has 0 radical (unpaired) electrons. The van der Waals surface area contributed by atoms with E-state index in [1.54, 1.807) is 0 Å². The molecule has 1 saturated carbocycles. The second-order valence-corrected chi connectivity index (χ2v) is 7.21. The summed E-state index contributed by atoms with van der Waals surface area (Å²) in [7, 11) is 0. The van der Waals surface area contributed by atoms with Gasteiger partial charge >= 0.3 is 0 Å². The Balaban J connectivity index is 1.38. The average Bonchev–Trinajstić information content (AvgIpc) is 2.67. The number of benzene rings is 1. The second-order valence-electron chi connectivity index (χ2n) is 7.21. The lowest BCUT2D eigenvalue weighted by Gasteiger charge is -2.31. The molecule has 1 amide bonds. The van der Waals surface area contributed by atoms with Crippen molar-refractivity contribution in [3.63, 3.8) is 0 Å². The lowest BCUT2D eigenvalue weighted by molar-refractivity contribution is -0.131. The van der Waals surface area contributed by atoms with Gasteiger partial charge in [-0.3, -0.25) is 4.79 Å². The van der Waals surface area contributed by atoms with Crippen LogP contribution in [0.1, 0.15) is 42.9 Å². The van der Waals surface area contributed by atoms with Crippen LogP contribution in [-0.2, 0) is 4.79 Å². The van der Waals surface area contributed by atoms with E-state index in [1.165, 1.54) is 5.01 Å². The number of rotatable bonds is 6. The lowest BCUT2D eigenvalue weighted by atomic mass is 9.80. The highest BCUT2D eigenvalue weighted by Crippen LogP contribution is 2.36. The summed E-state index contributed by atoms with van der Waals surface area (Å²) < 4.78 is 0. The molecule has 1 aliphatic carbocycles. The number of nitrogens with zero attached hydrogens (tertiary/aromatic N) is 4. The Labute approximate surface area is 163 Å². The zero-order valence-electron chi connectivity index (χ0n) is 15.6. The van der Waals surface area contributed by atoms with Crippen LogP contribution in [0.2, 0.25) is 0 Å². The molecule has 0 atom stereocenters. The first-order valence-corrected chi connectivity index (χ1v) is 9.58. The van der Waals surface area contributed by atoms with Gasteiger partial charge in [0.25, 0.3) is 0 Å². The Bertz CT molecular complexity index is 880. The molecule has 1 aromatic carbocycles. The van der Waals surface area contributed by atoms with E-state index < -0.39 is 0 Å². The molecule has 1 aromatic heterocycles. The Morgan fingerprint density at radius 2 is 1.96 bits per heavy atom. The van der Waals surface area contributed by atoms with Crippen molar-refractivity contribution >= 4 is 23.4 Å². The van der Waals surface area contributed by atoms with Crippen LogP contribution >= 0.6 is 0 Å². The maximum absolute atomic E-state index is 12.2. The number of carbonyl (C=O) groups excluding carboxylic acids is 1. The minimum atomic E-state index is -0.251. The van der Waals surface area contributed by atoms with E-state index in [0.717, 1.165) is 17.0 Å². The van der Waals surface area contributed by atoms with Crippen LogP contribution in [0.4, 0.5) is 11.8 Å². The number of nitrogens with one attached hydrogen (secondary N) is 1. The van der Waals surface area contributed by atoms with Crippen LogP contribution in [0, 0.1) is 0 Å². The van der Waals surface area contributed by atoms with Gasteiger partial charge in [-0.2, -0.15) is 10.1 Å². The molecule has 0 spiro atoms. The van der Waals surface area contributed by atoms with E-state index in [4.69, 9.17) is 5.73 Å². The fourth-order valence-electron chi connectivity index (χ4n) is 3.52. The standard InChI is InChI=1S/C20H24N6O2/c21-20-23-17(14-10-15(27)11-14)12-18(24-20)22-8-9-26-19(28)7-6-16(25-26)13-4-2-1-3-5-13/h1-5,12,14-15,27H,6-11H2,(H3,21,22,23,24). The molecule has 0 bridgehead atoms.